The molecule has 7 nitrogen and oxygen atoms in total. The largest absolute Gasteiger partial charge is 0.357 e. The van der Waals surface area contributed by atoms with Crippen molar-refractivity contribution in [3.8, 4) is 11.4 Å². The van der Waals surface area contributed by atoms with Crippen molar-refractivity contribution < 1.29 is 0 Å². The van der Waals surface area contributed by atoms with Gasteiger partial charge in [-0.1, -0.05) is 31.0 Å². The number of piperidine rings is 1. The molecule has 1 aromatic carbocycles. The van der Waals surface area contributed by atoms with Gasteiger partial charge in [-0.05, 0) is 44.2 Å². The number of nitrogens with one attached hydrogen (secondary N) is 3. The zero-order valence-electron chi connectivity index (χ0n) is 17.4. The van der Waals surface area contributed by atoms with Gasteiger partial charge < -0.3 is 15.5 Å². The number of aliphatic imine (C=N–C) groups is 1. The van der Waals surface area contributed by atoms with E-state index in [4.69, 9.17) is 4.99 Å². The van der Waals surface area contributed by atoms with E-state index in [1.54, 1.807) is 0 Å². The molecule has 0 atom stereocenters. The minimum absolute atomic E-state index is 0.506. The van der Waals surface area contributed by atoms with Crippen molar-refractivity contribution in [2.24, 2.45) is 4.99 Å². The van der Waals surface area contributed by atoms with Gasteiger partial charge in [0.05, 0.1) is 6.54 Å². The van der Waals surface area contributed by atoms with Crippen LogP contribution in [0.1, 0.15) is 51.0 Å². The number of aromatic nitrogens is 3. The maximum Gasteiger partial charge on any atom is 0.191 e. The standard InChI is InChI=1S/C22H33N7/c1-2-23-22(27-19-10-12-29(13-11-19)20-8-3-4-9-20)24-15-17-6-5-7-18(14-17)21-25-16-26-28-21/h5-7,14,16,19-20H,2-4,8-13,15H2,1H3,(H2,23,24,27)(H,25,26,28). The molecule has 1 aromatic heterocycles. The fraction of sp³-hybridized carbons (Fsp3) is 0.591. The predicted molar refractivity (Wildman–Crippen MR) is 117 cm³/mol. The van der Waals surface area contributed by atoms with Gasteiger partial charge in [-0.3, -0.25) is 5.10 Å². The monoisotopic (exact) mass is 395 g/mol. The molecule has 0 bridgehead atoms. The first-order chi connectivity index (χ1) is 14.3. The molecule has 4 rings (SSSR count). The van der Waals surface area contributed by atoms with Gasteiger partial charge in [0, 0.05) is 37.3 Å². The molecule has 3 N–H and O–H groups in total. The van der Waals surface area contributed by atoms with Crippen LogP contribution in [-0.2, 0) is 6.54 Å². The van der Waals surface area contributed by atoms with E-state index in [-0.39, 0.29) is 0 Å². The Kier molecular flexibility index (Phi) is 6.77. The Morgan fingerprint density at radius 3 is 2.76 bits per heavy atom. The normalized spacial score (nSPS) is 19.6. The molecular weight excluding hydrogens is 362 g/mol. The van der Waals surface area contributed by atoms with Crippen LogP contribution in [0.4, 0.5) is 0 Å². The Labute approximate surface area is 173 Å². The third-order valence-corrected chi connectivity index (χ3v) is 6.09. The highest BCUT2D eigenvalue weighted by Crippen LogP contribution is 2.26. The molecule has 1 saturated heterocycles. The minimum atomic E-state index is 0.506. The zero-order chi connectivity index (χ0) is 19.9. The number of H-pyrrole nitrogens is 1. The molecule has 0 amide bonds. The SMILES string of the molecule is CCNC(=NCc1cccc(-c2ncn[nH]2)c1)NC1CCN(C2CCCC2)CC1. The summed E-state index contributed by atoms with van der Waals surface area (Å²) < 4.78 is 0. The van der Waals surface area contributed by atoms with Crippen molar-refractivity contribution in [3.05, 3.63) is 36.2 Å². The molecule has 2 aromatic rings. The van der Waals surface area contributed by atoms with Crippen molar-refractivity contribution in [2.75, 3.05) is 19.6 Å². The van der Waals surface area contributed by atoms with Crippen LogP contribution in [0.2, 0.25) is 0 Å². The lowest BCUT2D eigenvalue weighted by atomic mass is 10.0. The second-order valence-corrected chi connectivity index (χ2v) is 8.12. The summed E-state index contributed by atoms with van der Waals surface area (Å²) in [6.07, 6.45) is 9.55. The summed E-state index contributed by atoms with van der Waals surface area (Å²) in [6, 6.07) is 9.65. The van der Waals surface area contributed by atoms with E-state index in [9.17, 15) is 0 Å². The number of rotatable bonds is 6. The van der Waals surface area contributed by atoms with E-state index in [1.165, 1.54) is 57.9 Å². The number of hydrogen-bond donors (Lipinski definition) is 3. The summed E-state index contributed by atoms with van der Waals surface area (Å²) in [5.41, 5.74) is 2.19. The highest BCUT2D eigenvalue weighted by molar-refractivity contribution is 5.80. The van der Waals surface area contributed by atoms with Crippen LogP contribution in [0.5, 0.6) is 0 Å². The van der Waals surface area contributed by atoms with Crippen LogP contribution in [0.25, 0.3) is 11.4 Å². The summed E-state index contributed by atoms with van der Waals surface area (Å²) in [6.45, 7) is 6.04. The van der Waals surface area contributed by atoms with E-state index in [1.807, 2.05) is 12.1 Å². The summed E-state index contributed by atoms with van der Waals surface area (Å²) in [5.74, 6) is 1.70. The quantitative estimate of drug-likeness (QED) is 0.518. The molecule has 1 aliphatic carbocycles. The van der Waals surface area contributed by atoms with Crippen LogP contribution in [0.3, 0.4) is 0 Å². The van der Waals surface area contributed by atoms with Gasteiger partial charge in [0.2, 0.25) is 0 Å². The van der Waals surface area contributed by atoms with E-state index >= 15 is 0 Å². The van der Waals surface area contributed by atoms with Crippen LogP contribution in [-0.4, -0.2) is 57.8 Å². The third-order valence-electron chi connectivity index (χ3n) is 6.09. The average Bonchev–Trinajstić information content (AvgIpc) is 3.47. The molecule has 2 aliphatic rings. The molecule has 0 unspecified atom stereocenters. The molecule has 0 spiro atoms. The first kappa shape index (κ1) is 19.9. The van der Waals surface area contributed by atoms with E-state index in [2.05, 4.69) is 49.8 Å². The lowest BCUT2D eigenvalue weighted by molar-refractivity contribution is 0.150. The molecule has 29 heavy (non-hydrogen) atoms. The van der Waals surface area contributed by atoms with E-state index in [0.29, 0.717) is 12.6 Å². The van der Waals surface area contributed by atoms with Crippen molar-refractivity contribution in [1.29, 1.82) is 0 Å². The van der Waals surface area contributed by atoms with Crippen molar-refractivity contribution >= 4 is 5.96 Å². The van der Waals surface area contributed by atoms with E-state index in [0.717, 1.165) is 35.5 Å². The second kappa shape index (κ2) is 9.87. The zero-order valence-corrected chi connectivity index (χ0v) is 17.4. The fourth-order valence-corrected chi connectivity index (χ4v) is 4.52. The van der Waals surface area contributed by atoms with Gasteiger partial charge in [-0.2, -0.15) is 5.10 Å². The molecule has 1 saturated carbocycles. The first-order valence-electron chi connectivity index (χ1n) is 11.1. The van der Waals surface area contributed by atoms with Crippen molar-refractivity contribution in [1.82, 2.24) is 30.7 Å². The molecule has 0 radical (unpaired) electrons. The summed E-state index contributed by atoms with van der Waals surface area (Å²) in [7, 11) is 0. The molecule has 2 fully saturated rings. The highest BCUT2D eigenvalue weighted by atomic mass is 15.2. The topological polar surface area (TPSA) is 81.2 Å². The minimum Gasteiger partial charge on any atom is -0.357 e. The highest BCUT2D eigenvalue weighted by Gasteiger charge is 2.27. The number of nitrogens with zero attached hydrogens (tertiary/aromatic N) is 4. The Morgan fingerprint density at radius 1 is 1.21 bits per heavy atom. The van der Waals surface area contributed by atoms with Crippen LogP contribution in [0.15, 0.2) is 35.6 Å². The van der Waals surface area contributed by atoms with Gasteiger partial charge in [-0.15, -0.1) is 0 Å². The Bertz CT molecular complexity index is 772. The van der Waals surface area contributed by atoms with Crippen LogP contribution >= 0.6 is 0 Å². The lowest BCUT2D eigenvalue weighted by Gasteiger charge is -2.36. The number of hydrogen-bond acceptors (Lipinski definition) is 4. The molecule has 156 valence electrons. The van der Waals surface area contributed by atoms with Crippen LogP contribution in [0, 0.1) is 0 Å². The van der Waals surface area contributed by atoms with Gasteiger partial charge in [0.15, 0.2) is 11.8 Å². The smallest absolute Gasteiger partial charge is 0.191 e. The molecule has 1 aliphatic heterocycles. The predicted octanol–water partition coefficient (Wildman–Crippen LogP) is 2.93. The van der Waals surface area contributed by atoms with Gasteiger partial charge >= 0.3 is 0 Å². The summed E-state index contributed by atoms with van der Waals surface area (Å²) >= 11 is 0. The number of guanidine groups is 1. The number of aromatic amines is 1. The Hall–Kier alpha value is -2.41. The summed E-state index contributed by atoms with van der Waals surface area (Å²) in [4.78, 5) is 11.8. The van der Waals surface area contributed by atoms with Gasteiger partial charge in [-0.25, -0.2) is 9.98 Å². The Morgan fingerprint density at radius 2 is 2.03 bits per heavy atom. The van der Waals surface area contributed by atoms with E-state index < -0.39 is 0 Å². The third kappa shape index (κ3) is 5.35. The fourth-order valence-electron chi connectivity index (χ4n) is 4.52. The molecule has 2 heterocycles. The molecule has 7 heteroatoms. The van der Waals surface area contributed by atoms with Gasteiger partial charge in [0.1, 0.15) is 6.33 Å². The lowest BCUT2D eigenvalue weighted by Crippen LogP contribution is -2.50. The summed E-state index contributed by atoms with van der Waals surface area (Å²) in [5, 5.41) is 13.9. The average molecular weight is 396 g/mol. The second-order valence-electron chi connectivity index (χ2n) is 8.12. The first-order valence-corrected chi connectivity index (χ1v) is 11.1. The maximum atomic E-state index is 4.83. The van der Waals surface area contributed by atoms with Gasteiger partial charge in [0.25, 0.3) is 0 Å². The Balaban J connectivity index is 1.33. The van der Waals surface area contributed by atoms with Crippen molar-refractivity contribution in [3.63, 3.8) is 0 Å². The van der Waals surface area contributed by atoms with Crippen LogP contribution < -0.4 is 10.6 Å². The molecular formula is C22H33N7. The number of likely N-dealkylation sites (tertiary alicyclic amines) is 1. The maximum absolute atomic E-state index is 4.83. The van der Waals surface area contributed by atoms with Crippen molar-refractivity contribution in [2.45, 2.75) is 64.1 Å². The number of benzene rings is 1.